The summed E-state index contributed by atoms with van der Waals surface area (Å²) >= 11 is 0. The quantitative estimate of drug-likeness (QED) is 0.599. The molecule has 0 unspecified atom stereocenters. The average Bonchev–Trinajstić information content (AvgIpc) is 3.17. The lowest BCUT2D eigenvalue weighted by atomic mass is 9.85. The Morgan fingerprint density at radius 2 is 1.86 bits per heavy atom. The van der Waals surface area contributed by atoms with E-state index in [0.29, 0.717) is 28.5 Å². The second-order valence-electron chi connectivity index (χ2n) is 8.00. The highest BCUT2D eigenvalue weighted by atomic mass is 32.2. The molecule has 8 heteroatoms. The van der Waals surface area contributed by atoms with Gasteiger partial charge < -0.3 is 9.40 Å². The number of para-hydroxylation sites is 1. The van der Waals surface area contributed by atoms with Gasteiger partial charge in [-0.05, 0) is 44.2 Å². The Morgan fingerprint density at radius 1 is 1.14 bits per heavy atom. The van der Waals surface area contributed by atoms with Crippen LogP contribution in [0, 0.1) is 13.8 Å². The van der Waals surface area contributed by atoms with Crippen LogP contribution in [0.2, 0.25) is 0 Å². The van der Waals surface area contributed by atoms with Gasteiger partial charge in [-0.1, -0.05) is 38.5 Å². The van der Waals surface area contributed by atoms with Gasteiger partial charge in [0.05, 0.1) is 11.3 Å². The van der Waals surface area contributed by atoms with E-state index in [2.05, 4.69) is 19.9 Å². The van der Waals surface area contributed by atoms with Crippen LogP contribution in [0.25, 0.3) is 11.5 Å². The first-order valence-corrected chi connectivity index (χ1v) is 11.4. The van der Waals surface area contributed by atoms with Crippen LogP contribution in [-0.4, -0.2) is 23.6 Å². The Bertz CT molecular complexity index is 1140. The lowest BCUT2D eigenvalue weighted by Gasteiger charge is -2.20. The Kier molecular flexibility index (Phi) is 4.98. The topological polar surface area (TPSA) is 101 Å². The molecular formula is C21H26N4O3S. The molecule has 0 saturated heterocycles. The SMILES string of the molecule is Cc1[nH]c(C)c(S(=O)(=O)Nc2ccccc2C(C)C)c1-c1nnc(C2CCC2)o1. The minimum absolute atomic E-state index is 0.150. The Hall–Kier alpha value is -2.61. The van der Waals surface area contributed by atoms with Gasteiger partial charge in [0.1, 0.15) is 4.90 Å². The molecule has 7 nitrogen and oxygen atoms in total. The maximum absolute atomic E-state index is 13.4. The zero-order chi connectivity index (χ0) is 20.8. The van der Waals surface area contributed by atoms with Crippen LogP contribution in [0.3, 0.4) is 0 Å². The largest absolute Gasteiger partial charge is 0.420 e. The third-order valence-corrected chi connectivity index (χ3v) is 7.06. The third-order valence-electron chi connectivity index (χ3n) is 5.52. The minimum Gasteiger partial charge on any atom is -0.420 e. The van der Waals surface area contributed by atoms with Crippen LogP contribution in [0.5, 0.6) is 0 Å². The van der Waals surface area contributed by atoms with Crippen LogP contribution in [-0.2, 0) is 10.0 Å². The van der Waals surface area contributed by atoms with Crippen molar-refractivity contribution in [3.05, 3.63) is 47.1 Å². The predicted molar refractivity (Wildman–Crippen MR) is 111 cm³/mol. The standard InChI is InChI=1S/C21H26N4O3S/c1-12(2)16-10-5-6-11-17(16)25-29(26,27)19-14(4)22-13(3)18(19)21-24-23-20(28-21)15-8-7-9-15/h5-6,10-12,15,22,25H,7-9H2,1-4H3. The van der Waals surface area contributed by atoms with Gasteiger partial charge in [-0.3, -0.25) is 4.72 Å². The number of nitrogens with one attached hydrogen (secondary N) is 2. The van der Waals surface area contributed by atoms with Crippen molar-refractivity contribution in [2.75, 3.05) is 4.72 Å². The van der Waals surface area contributed by atoms with Crippen LogP contribution in [0.4, 0.5) is 5.69 Å². The van der Waals surface area contributed by atoms with Crippen molar-refractivity contribution in [1.82, 2.24) is 15.2 Å². The molecule has 3 aromatic rings. The molecule has 0 aliphatic heterocycles. The molecule has 4 rings (SSSR count). The van der Waals surface area contributed by atoms with Gasteiger partial charge in [0.2, 0.25) is 5.89 Å². The second-order valence-corrected chi connectivity index (χ2v) is 9.62. The molecule has 1 saturated carbocycles. The highest BCUT2D eigenvalue weighted by molar-refractivity contribution is 7.93. The van der Waals surface area contributed by atoms with Crippen LogP contribution in [0.1, 0.15) is 67.8 Å². The zero-order valence-corrected chi connectivity index (χ0v) is 17.9. The van der Waals surface area contributed by atoms with E-state index in [0.717, 1.165) is 24.8 Å². The van der Waals surface area contributed by atoms with Gasteiger partial charge >= 0.3 is 0 Å². The van der Waals surface area contributed by atoms with Crippen LogP contribution >= 0.6 is 0 Å². The van der Waals surface area contributed by atoms with Gasteiger partial charge in [0, 0.05) is 17.3 Å². The molecule has 0 amide bonds. The summed E-state index contributed by atoms with van der Waals surface area (Å²) in [4.78, 5) is 3.27. The Labute approximate surface area is 171 Å². The maximum Gasteiger partial charge on any atom is 0.264 e. The summed E-state index contributed by atoms with van der Waals surface area (Å²) in [6, 6.07) is 7.44. The van der Waals surface area contributed by atoms with Gasteiger partial charge in [0.25, 0.3) is 15.9 Å². The number of hydrogen-bond donors (Lipinski definition) is 2. The van der Waals surface area contributed by atoms with E-state index < -0.39 is 10.0 Å². The fourth-order valence-corrected chi connectivity index (χ4v) is 5.34. The first-order chi connectivity index (χ1) is 13.8. The van der Waals surface area contributed by atoms with Crippen molar-refractivity contribution in [3.8, 4) is 11.5 Å². The Balaban J connectivity index is 1.76. The first-order valence-electron chi connectivity index (χ1n) is 9.92. The summed E-state index contributed by atoms with van der Waals surface area (Å²) in [7, 11) is -3.87. The Morgan fingerprint density at radius 3 is 2.52 bits per heavy atom. The summed E-state index contributed by atoms with van der Waals surface area (Å²) < 4.78 is 35.4. The number of anilines is 1. The number of aromatic nitrogens is 3. The smallest absolute Gasteiger partial charge is 0.264 e. The predicted octanol–water partition coefficient (Wildman–Crippen LogP) is 4.87. The van der Waals surface area contributed by atoms with E-state index in [1.807, 2.05) is 39.0 Å². The highest BCUT2D eigenvalue weighted by Gasteiger charge is 2.31. The van der Waals surface area contributed by atoms with E-state index in [9.17, 15) is 8.42 Å². The summed E-state index contributed by atoms with van der Waals surface area (Å²) in [5.41, 5.74) is 3.18. The van der Waals surface area contributed by atoms with E-state index in [4.69, 9.17) is 4.42 Å². The number of aromatic amines is 1. The van der Waals surface area contributed by atoms with Crippen molar-refractivity contribution in [2.45, 2.75) is 63.7 Å². The van der Waals surface area contributed by atoms with Gasteiger partial charge in [0.15, 0.2) is 0 Å². The number of benzene rings is 1. The lowest BCUT2D eigenvalue weighted by molar-refractivity contribution is 0.338. The maximum atomic E-state index is 13.4. The molecule has 2 heterocycles. The fourth-order valence-electron chi connectivity index (χ4n) is 3.80. The number of H-pyrrole nitrogens is 1. The summed E-state index contributed by atoms with van der Waals surface area (Å²) in [6.45, 7) is 7.62. The van der Waals surface area contributed by atoms with Crippen molar-refractivity contribution < 1.29 is 12.8 Å². The molecule has 2 aromatic heterocycles. The normalized spacial score (nSPS) is 14.9. The van der Waals surface area contributed by atoms with E-state index in [-0.39, 0.29) is 22.6 Å². The first kappa shape index (κ1) is 19.7. The minimum atomic E-state index is -3.87. The summed E-state index contributed by atoms with van der Waals surface area (Å²) in [6.07, 6.45) is 3.22. The average molecular weight is 415 g/mol. The zero-order valence-electron chi connectivity index (χ0n) is 17.1. The van der Waals surface area contributed by atoms with Crippen molar-refractivity contribution in [2.24, 2.45) is 0 Å². The van der Waals surface area contributed by atoms with Gasteiger partial charge in [-0.2, -0.15) is 0 Å². The van der Waals surface area contributed by atoms with E-state index >= 15 is 0 Å². The van der Waals surface area contributed by atoms with E-state index in [1.165, 1.54) is 0 Å². The van der Waals surface area contributed by atoms with Crippen LogP contribution in [0.15, 0.2) is 33.6 Å². The van der Waals surface area contributed by atoms with Gasteiger partial charge in [-0.15, -0.1) is 10.2 Å². The summed E-state index contributed by atoms with van der Waals surface area (Å²) in [5, 5.41) is 8.33. The molecule has 0 spiro atoms. The van der Waals surface area contributed by atoms with Crippen molar-refractivity contribution in [1.29, 1.82) is 0 Å². The molecule has 2 N–H and O–H groups in total. The van der Waals surface area contributed by atoms with E-state index in [1.54, 1.807) is 13.0 Å². The molecular weight excluding hydrogens is 388 g/mol. The van der Waals surface area contributed by atoms with Crippen molar-refractivity contribution >= 4 is 15.7 Å². The number of rotatable bonds is 6. The summed E-state index contributed by atoms with van der Waals surface area (Å²) in [5.74, 6) is 1.30. The molecule has 1 aliphatic rings. The number of aryl methyl sites for hydroxylation is 2. The molecule has 29 heavy (non-hydrogen) atoms. The monoisotopic (exact) mass is 414 g/mol. The molecule has 0 radical (unpaired) electrons. The van der Waals surface area contributed by atoms with Gasteiger partial charge in [-0.25, -0.2) is 8.42 Å². The molecule has 0 atom stereocenters. The fraction of sp³-hybridized carbons (Fsp3) is 0.429. The highest BCUT2D eigenvalue weighted by Crippen LogP contribution is 2.39. The molecule has 1 aromatic carbocycles. The van der Waals surface area contributed by atoms with Crippen LogP contribution < -0.4 is 4.72 Å². The molecule has 0 bridgehead atoms. The lowest BCUT2D eigenvalue weighted by Crippen LogP contribution is -2.16. The number of nitrogens with zero attached hydrogens (tertiary/aromatic N) is 2. The number of sulfonamides is 1. The van der Waals surface area contributed by atoms with Crippen molar-refractivity contribution in [3.63, 3.8) is 0 Å². The second kappa shape index (κ2) is 7.33. The third kappa shape index (κ3) is 3.57. The number of hydrogen-bond acceptors (Lipinski definition) is 5. The molecule has 154 valence electrons. The molecule has 1 aliphatic carbocycles. The molecule has 1 fully saturated rings.